The van der Waals surface area contributed by atoms with Crippen LogP contribution in [0.4, 0.5) is 0 Å². The number of hydrogen-bond donors (Lipinski definition) is 2. The van der Waals surface area contributed by atoms with Crippen LogP contribution in [-0.2, 0) is 14.8 Å². The van der Waals surface area contributed by atoms with Crippen molar-refractivity contribution in [3.8, 4) is 5.75 Å². The van der Waals surface area contributed by atoms with E-state index in [1.54, 1.807) is 24.1 Å². The number of ether oxygens (including phenoxy) is 1. The Labute approximate surface area is 187 Å². The van der Waals surface area contributed by atoms with E-state index < -0.39 is 10.0 Å². The summed E-state index contributed by atoms with van der Waals surface area (Å²) in [6, 6.07) is 13.5. The Bertz CT molecular complexity index is 1040. The lowest BCUT2D eigenvalue weighted by Crippen LogP contribution is -2.54. The normalized spacial score (nSPS) is 22.5. The second-order valence-electron chi connectivity index (χ2n) is 7.59. The number of halogens is 1. The van der Waals surface area contributed by atoms with E-state index in [9.17, 15) is 13.2 Å². The van der Waals surface area contributed by atoms with Gasteiger partial charge >= 0.3 is 0 Å². The highest BCUT2D eigenvalue weighted by Gasteiger charge is 2.36. The van der Waals surface area contributed by atoms with Crippen LogP contribution in [-0.4, -0.2) is 62.9 Å². The van der Waals surface area contributed by atoms with Crippen LogP contribution in [0.3, 0.4) is 0 Å². The quantitative estimate of drug-likeness (QED) is 0.701. The Morgan fingerprint density at radius 2 is 1.77 bits per heavy atom. The monoisotopic (exact) mass is 464 g/mol. The van der Waals surface area contributed by atoms with Gasteiger partial charge in [-0.05, 0) is 48.4 Å². The van der Waals surface area contributed by atoms with Crippen LogP contribution in [0, 0.1) is 0 Å². The molecule has 2 aromatic rings. The molecule has 2 heterocycles. The third-order valence-electron chi connectivity index (χ3n) is 5.70. The summed E-state index contributed by atoms with van der Waals surface area (Å²) in [4.78, 5) is 14.9. The molecular formula is C21H25ClN4O4S. The highest BCUT2D eigenvalue weighted by Crippen LogP contribution is 2.26. The van der Waals surface area contributed by atoms with Crippen LogP contribution >= 0.6 is 11.6 Å². The van der Waals surface area contributed by atoms with Crippen molar-refractivity contribution in [2.24, 2.45) is 0 Å². The SMILES string of the molecule is COc1cccc(C2CC(C(=O)N3CCN(S(=O)(=O)c4ccc(Cl)cc4)CC3)NN2)c1. The molecule has 2 aromatic carbocycles. The Morgan fingerprint density at radius 1 is 1.06 bits per heavy atom. The maximum atomic E-state index is 13.0. The number of rotatable bonds is 5. The van der Waals surface area contributed by atoms with E-state index in [2.05, 4.69) is 10.9 Å². The minimum atomic E-state index is -3.60. The van der Waals surface area contributed by atoms with Crippen LogP contribution in [0.2, 0.25) is 5.02 Å². The molecule has 0 bridgehead atoms. The number of amides is 1. The molecule has 0 saturated carbocycles. The summed E-state index contributed by atoms with van der Waals surface area (Å²) in [5, 5.41) is 0.485. The fraction of sp³-hybridized carbons (Fsp3) is 0.381. The predicted molar refractivity (Wildman–Crippen MR) is 117 cm³/mol. The van der Waals surface area contributed by atoms with Crippen molar-refractivity contribution in [3.63, 3.8) is 0 Å². The van der Waals surface area contributed by atoms with Crippen LogP contribution in [0.1, 0.15) is 18.0 Å². The molecule has 166 valence electrons. The van der Waals surface area contributed by atoms with E-state index in [-0.39, 0.29) is 36.0 Å². The zero-order chi connectivity index (χ0) is 22.0. The van der Waals surface area contributed by atoms with E-state index in [0.29, 0.717) is 24.5 Å². The zero-order valence-electron chi connectivity index (χ0n) is 17.1. The van der Waals surface area contributed by atoms with E-state index in [1.165, 1.54) is 16.4 Å². The van der Waals surface area contributed by atoms with E-state index >= 15 is 0 Å². The van der Waals surface area contributed by atoms with Gasteiger partial charge in [0.25, 0.3) is 0 Å². The molecule has 8 nitrogen and oxygen atoms in total. The summed E-state index contributed by atoms with van der Waals surface area (Å²) in [5.74, 6) is 0.744. The molecule has 2 aliphatic heterocycles. The highest BCUT2D eigenvalue weighted by molar-refractivity contribution is 7.89. The molecule has 0 aromatic heterocycles. The van der Waals surface area contributed by atoms with Crippen LogP contribution in [0.15, 0.2) is 53.4 Å². The van der Waals surface area contributed by atoms with Crippen LogP contribution in [0.25, 0.3) is 0 Å². The Balaban J connectivity index is 1.35. The average Bonchev–Trinajstić information content (AvgIpc) is 3.29. The number of hydrazine groups is 1. The molecule has 31 heavy (non-hydrogen) atoms. The summed E-state index contributed by atoms with van der Waals surface area (Å²) in [6.45, 7) is 1.23. The molecule has 2 atom stereocenters. The first-order valence-corrected chi connectivity index (χ1v) is 11.9. The molecule has 10 heteroatoms. The molecule has 0 spiro atoms. The topological polar surface area (TPSA) is 91.0 Å². The fourth-order valence-corrected chi connectivity index (χ4v) is 5.47. The van der Waals surface area contributed by atoms with Gasteiger partial charge in [0.1, 0.15) is 11.8 Å². The van der Waals surface area contributed by atoms with Crippen molar-refractivity contribution < 1.29 is 17.9 Å². The molecule has 2 fully saturated rings. The number of carbonyl (C=O) groups excluding carboxylic acids is 1. The molecule has 1 amide bonds. The number of nitrogens with one attached hydrogen (secondary N) is 2. The fourth-order valence-electron chi connectivity index (χ4n) is 3.92. The predicted octanol–water partition coefficient (Wildman–Crippen LogP) is 1.79. The molecular weight excluding hydrogens is 440 g/mol. The first-order valence-electron chi connectivity index (χ1n) is 10.1. The molecule has 4 rings (SSSR count). The minimum Gasteiger partial charge on any atom is -0.497 e. The van der Waals surface area contributed by atoms with Crippen LogP contribution in [0.5, 0.6) is 5.75 Å². The summed E-state index contributed by atoms with van der Waals surface area (Å²) < 4.78 is 32.4. The van der Waals surface area contributed by atoms with Gasteiger partial charge in [-0.25, -0.2) is 19.3 Å². The maximum absolute atomic E-state index is 13.0. The summed E-state index contributed by atoms with van der Waals surface area (Å²) in [6.07, 6.45) is 0.606. The Hall–Kier alpha value is -2.17. The smallest absolute Gasteiger partial charge is 0.243 e. The van der Waals surface area contributed by atoms with Gasteiger partial charge in [0.15, 0.2) is 0 Å². The lowest BCUT2D eigenvalue weighted by Gasteiger charge is -2.35. The van der Waals surface area contributed by atoms with E-state index in [4.69, 9.17) is 16.3 Å². The van der Waals surface area contributed by atoms with Crippen molar-refractivity contribution in [3.05, 3.63) is 59.1 Å². The molecule has 0 radical (unpaired) electrons. The lowest BCUT2D eigenvalue weighted by molar-refractivity contribution is -0.134. The molecule has 2 N–H and O–H groups in total. The Kier molecular flexibility index (Phi) is 6.49. The second kappa shape index (κ2) is 9.13. The number of sulfonamides is 1. The van der Waals surface area contributed by atoms with Crippen molar-refractivity contribution in [1.29, 1.82) is 0 Å². The minimum absolute atomic E-state index is 0.00405. The zero-order valence-corrected chi connectivity index (χ0v) is 18.7. The molecule has 0 aliphatic carbocycles. The van der Waals surface area contributed by atoms with Gasteiger partial charge in [-0.1, -0.05) is 23.7 Å². The first-order chi connectivity index (χ1) is 14.9. The van der Waals surface area contributed by atoms with Gasteiger partial charge in [-0.3, -0.25) is 4.79 Å². The van der Waals surface area contributed by atoms with Crippen molar-refractivity contribution in [1.82, 2.24) is 20.1 Å². The number of piperazine rings is 1. The molecule has 2 aliphatic rings. The van der Waals surface area contributed by atoms with Crippen molar-refractivity contribution in [2.75, 3.05) is 33.3 Å². The van der Waals surface area contributed by atoms with Crippen molar-refractivity contribution in [2.45, 2.75) is 23.4 Å². The average molecular weight is 465 g/mol. The summed E-state index contributed by atoms with van der Waals surface area (Å²) in [7, 11) is -1.98. The van der Waals surface area contributed by atoms with Gasteiger partial charge in [0.05, 0.1) is 12.0 Å². The van der Waals surface area contributed by atoms with Crippen LogP contribution < -0.4 is 15.6 Å². The van der Waals surface area contributed by atoms with E-state index in [1.807, 2.05) is 24.3 Å². The lowest BCUT2D eigenvalue weighted by atomic mass is 10.0. The third-order valence-corrected chi connectivity index (χ3v) is 7.86. The number of carbonyl (C=O) groups is 1. The van der Waals surface area contributed by atoms with E-state index in [0.717, 1.165) is 11.3 Å². The standard InChI is InChI=1S/C21H25ClN4O4S/c1-30-17-4-2-3-15(13-17)19-14-20(24-23-19)21(27)25-9-11-26(12-10-25)31(28,29)18-7-5-16(22)6-8-18/h2-8,13,19-20,23-24H,9-12,14H2,1H3. The van der Waals surface area contributed by atoms with Gasteiger partial charge in [0.2, 0.25) is 15.9 Å². The van der Waals surface area contributed by atoms with Gasteiger partial charge in [-0.2, -0.15) is 4.31 Å². The van der Waals surface area contributed by atoms with Gasteiger partial charge in [-0.15, -0.1) is 0 Å². The Morgan fingerprint density at radius 3 is 2.45 bits per heavy atom. The molecule has 2 saturated heterocycles. The number of nitrogens with zero attached hydrogens (tertiary/aromatic N) is 2. The molecule has 2 unspecified atom stereocenters. The third kappa shape index (κ3) is 4.70. The number of hydrogen-bond acceptors (Lipinski definition) is 6. The largest absolute Gasteiger partial charge is 0.497 e. The summed E-state index contributed by atoms with van der Waals surface area (Å²) >= 11 is 5.86. The van der Waals surface area contributed by atoms with Gasteiger partial charge in [0, 0.05) is 37.2 Å². The first kappa shape index (κ1) is 22.0. The second-order valence-corrected chi connectivity index (χ2v) is 9.96. The highest BCUT2D eigenvalue weighted by atomic mass is 35.5. The summed E-state index contributed by atoms with van der Waals surface area (Å²) in [5.41, 5.74) is 7.31. The number of benzene rings is 2. The number of methoxy groups -OCH3 is 1. The van der Waals surface area contributed by atoms with Crippen molar-refractivity contribution >= 4 is 27.5 Å². The van der Waals surface area contributed by atoms with Gasteiger partial charge < -0.3 is 9.64 Å². The maximum Gasteiger partial charge on any atom is 0.243 e.